The largest absolute Gasteiger partial charge is 0.418 e. The van der Waals surface area contributed by atoms with E-state index in [2.05, 4.69) is 0 Å². The van der Waals surface area contributed by atoms with E-state index in [1.54, 1.807) is 24.3 Å². The molecule has 8 rings (SSSR count). The van der Waals surface area contributed by atoms with Crippen molar-refractivity contribution in [2.24, 2.45) is 23.7 Å². The zero-order valence-corrected chi connectivity index (χ0v) is 18.8. The molecule has 6 aliphatic rings. The molecule has 0 saturated carbocycles. The molecule has 0 aliphatic carbocycles. The first kappa shape index (κ1) is 20.3. The van der Waals surface area contributed by atoms with Gasteiger partial charge >= 0.3 is 6.18 Å². The Morgan fingerprint density at radius 1 is 0.765 bits per heavy atom. The van der Waals surface area contributed by atoms with Gasteiger partial charge in [-0.05, 0) is 22.3 Å². The van der Waals surface area contributed by atoms with Crippen LogP contribution in [0.3, 0.4) is 0 Å². The predicted molar refractivity (Wildman–Crippen MR) is 112 cm³/mol. The van der Waals surface area contributed by atoms with Crippen molar-refractivity contribution in [1.82, 2.24) is 0 Å². The molecule has 4 fully saturated rings. The number of alkyl halides is 3. The Bertz CT molecular complexity index is 1300. The molecular weight excluding hydrogens is 469 g/mol. The zero-order chi connectivity index (χ0) is 23.4. The maximum atomic E-state index is 15.4. The summed E-state index contributed by atoms with van der Waals surface area (Å²) in [5.41, 5.74) is 0.296. The second-order valence-electron chi connectivity index (χ2n) is 10.3. The second kappa shape index (κ2) is 5.72. The highest BCUT2D eigenvalue weighted by Crippen LogP contribution is 2.84. The van der Waals surface area contributed by atoms with Gasteiger partial charge in [0.25, 0.3) is 0 Å². The van der Waals surface area contributed by atoms with E-state index in [4.69, 9.17) is 14.2 Å². The summed E-state index contributed by atoms with van der Waals surface area (Å²) in [5.74, 6) is -4.51. The molecule has 0 amide bonds. The minimum absolute atomic E-state index is 0.314. The van der Waals surface area contributed by atoms with E-state index in [0.29, 0.717) is 11.1 Å². The van der Waals surface area contributed by atoms with E-state index in [1.165, 1.54) is 6.92 Å². The van der Waals surface area contributed by atoms with E-state index in [1.807, 2.05) is 24.3 Å². The summed E-state index contributed by atoms with van der Waals surface area (Å²) in [6.45, 7) is 1.48. The van der Waals surface area contributed by atoms with Gasteiger partial charge in [-0.1, -0.05) is 55.5 Å². The average molecular weight is 490 g/mol. The predicted octanol–water partition coefficient (Wildman–Crippen LogP) is 4.58. The van der Waals surface area contributed by atoms with Crippen molar-refractivity contribution in [3.05, 3.63) is 70.8 Å². The lowest BCUT2D eigenvalue weighted by atomic mass is 9.53. The number of fused-ring (bicyclic) bond motifs is 22. The monoisotopic (exact) mass is 490 g/mol. The van der Waals surface area contributed by atoms with E-state index in [9.17, 15) is 8.42 Å². The van der Waals surface area contributed by atoms with Crippen LogP contribution in [0.5, 0.6) is 0 Å². The summed E-state index contributed by atoms with van der Waals surface area (Å²) in [4.78, 5) is -2.02. The van der Waals surface area contributed by atoms with Crippen molar-refractivity contribution < 1.29 is 35.8 Å². The first-order chi connectivity index (χ1) is 16.2. The summed E-state index contributed by atoms with van der Waals surface area (Å²) < 4.78 is 92.5. The Balaban J connectivity index is 1.46. The lowest BCUT2D eigenvalue weighted by Crippen LogP contribution is -2.61. The molecule has 6 bridgehead atoms. The normalized spacial score (nSPS) is 46.5. The SMILES string of the molecule is CCS(=O)(=O)C12OC(C(F)(F)F)([C@@H]3C4OC(c5ccccc54)[C@@H]31)[C@H]1C3OC(c4ccccc43)[C@H]12. The topological polar surface area (TPSA) is 61.8 Å². The van der Waals surface area contributed by atoms with E-state index in [-0.39, 0.29) is 5.75 Å². The molecule has 6 unspecified atom stereocenters. The molecule has 9 heteroatoms. The van der Waals surface area contributed by atoms with Gasteiger partial charge in [-0.25, -0.2) is 8.42 Å². The maximum Gasteiger partial charge on any atom is 0.418 e. The molecule has 0 N–H and O–H groups in total. The van der Waals surface area contributed by atoms with Crippen molar-refractivity contribution >= 4 is 9.84 Å². The fourth-order valence-corrected chi connectivity index (χ4v) is 10.6. The first-order valence-electron chi connectivity index (χ1n) is 11.7. The third-order valence-corrected chi connectivity index (χ3v) is 11.8. The molecule has 34 heavy (non-hydrogen) atoms. The van der Waals surface area contributed by atoms with Crippen molar-refractivity contribution in [1.29, 1.82) is 0 Å². The highest BCUT2D eigenvalue weighted by atomic mass is 32.2. The summed E-state index contributed by atoms with van der Waals surface area (Å²) in [6.07, 6.45) is -8.04. The van der Waals surface area contributed by atoms with Gasteiger partial charge < -0.3 is 14.2 Å². The van der Waals surface area contributed by atoms with Gasteiger partial charge in [0.1, 0.15) is 0 Å². The Morgan fingerprint density at radius 3 is 1.50 bits per heavy atom. The molecule has 178 valence electrons. The van der Waals surface area contributed by atoms with Gasteiger partial charge in [0.2, 0.25) is 0 Å². The number of halogens is 3. The van der Waals surface area contributed by atoms with E-state index in [0.717, 1.165) is 11.1 Å². The van der Waals surface area contributed by atoms with Gasteiger partial charge in [0.15, 0.2) is 20.4 Å². The Labute approximate surface area is 194 Å². The third kappa shape index (κ3) is 1.79. The lowest BCUT2D eigenvalue weighted by Gasteiger charge is -2.48. The fourth-order valence-electron chi connectivity index (χ4n) is 8.56. The number of sulfone groups is 1. The quantitative estimate of drug-likeness (QED) is 0.617. The van der Waals surface area contributed by atoms with Crippen LogP contribution in [0, 0.1) is 23.7 Å². The smallest absolute Gasteiger partial charge is 0.365 e. The number of hydrogen-bond acceptors (Lipinski definition) is 5. The van der Waals surface area contributed by atoms with Crippen LogP contribution < -0.4 is 0 Å². The van der Waals surface area contributed by atoms with Crippen molar-refractivity contribution in [3.8, 4) is 0 Å². The van der Waals surface area contributed by atoms with E-state index < -0.39 is 74.6 Å². The molecule has 6 heterocycles. The number of benzene rings is 2. The van der Waals surface area contributed by atoms with Gasteiger partial charge in [0, 0.05) is 23.7 Å². The highest BCUT2D eigenvalue weighted by Gasteiger charge is 2.94. The second-order valence-corrected chi connectivity index (χ2v) is 12.8. The molecule has 5 nitrogen and oxygen atoms in total. The van der Waals surface area contributed by atoms with Crippen molar-refractivity contribution in [2.75, 3.05) is 5.75 Å². The van der Waals surface area contributed by atoms with Crippen molar-refractivity contribution in [3.63, 3.8) is 0 Å². The van der Waals surface area contributed by atoms with E-state index >= 15 is 13.2 Å². The van der Waals surface area contributed by atoms with Crippen LogP contribution in [0.15, 0.2) is 48.5 Å². The molecule has 2 aromatic carbocycles. The van der Waals surface area contributed by atoms with Crippen LogP contribution >= 0.6 is 0 Å². The number of hydrogen-bond donors (Lipinski definition) is 0. The highest BCUT2D eigenvalue weighted by molar-refractivity contribution is 7.92. The average Bonchev–Trinajstić information content (AvgIpc) is 3.63. The molecule has 0 aromatic heterocycles. The summed E-state index contributed by atoms with van der Waals surface area (Å²) in [7, 11) is -4.11. The third-order valence-electron chi connectivity index (χ3n) is 9.44. The molecule has 6 aliphatic heterocycles. The van der Waals surface area contributed by atoms with Crippen LogP contribution in [0.2, 0.25) is 0 Å². The van der Waals surface area contributed by atoms with Gasteiger partial charge in [-0.3, -0.25) is 0 Å². The minimum atomic E-state index is -4.80. The van der Waals surface area contributed by atoms with Crippen LogP contribution in [-0.2, 0) is 24.0 Å². The summed E-state index contributed by atoms with van der Waals surface area (Å²) in [6, 6.07) is 14.4. The van der Waals surface area contributed by atoms with Crippen LogP contribution in [-0.4, -0.2) is 30.9 Å². The molecule has 0 spiro atoms. The van der Waals surface area contributed by atoms with Crippen LogP contribution in [0.25, 0.3) is 0 Å². The molecule has 0 radical (unpaired) electrons. The minimum Gasteiger partial charge on any atom is -0.365 e. The van der Waals surface area contributed by atoms with Crippen molar-refractivity contribution in [2.45, 2.75) is 48.1 Å². The van der Waals surface area contributed by atoms with Crippen LogP contribution in [0.1, 0.15) is 53.6 Å². The number of rotatable bonds is 2. The van der Waals surface area contributed by atoms with Crippen LogP contribution in [0.4, 0.5) is 13.2 Å². The van der Waals surface area contributed by atoms with Gasteiger partial charge in [-0.15, -0.1) is 0 Å². The number of ether oxygens (including phenoxy) is 3. The zero-order valence-electron chi connectivity index (χ0n) is 18.0. The fraction of sp³-hybridized carbons (Fsp3) is 0.520. The summed E-state index contributed by atoms with van der Waals surface area (Å²) >= 11 is 0. The maximum absolute atomic E-state index is 15.4. The summed E-state index contributed by atoms with van der Waals surface area (Å²) in [5, 5.41) is 0. The van der Waals surface area contributed by atoms with Gasteiger partial charge in [-0.2, -0.15) is 13.2 Å². The first-order valence-corrected chi connectivity index (χ1v) is 13.3. The molecule has 10 atom stereocenters. The molecular formula is C25H21F3O5S. The molecule has 2 aromatic rings. The van der Waals surface area contributed by atoms with Gasteiger partial charge in [0.05, 0.1) is 30.2 Å². The standard InChI is InChI=1S/C25H21F3O5S/c1-2-34(29,30)24-17-15(19-11-7-3-5-9-13(11)21(17)31-19)23(33-24,25(26,27)28)16-18(24)22-14-10-6-4-8-12(14)20(16)32-22/h3-10,15-22H,2H2,1H3/t15-,16+,17+,18-,19?,20?,21?,22?,23?,24?. The lowest BCUT2D eigenvalue weighted by molar-refractivity contribution is -0.297. The Kier molecular flexibility index (Phi) is 3.41. The molecule has 4 saturated heterocycles. The Morgan fingerprint density at radius 2 is 1.15 bits per heavy atom. The Hall–Kier alpha value is -1.94.